The Bertz CT molecular complexity index is 1350. The molecule has 1 aromatic heterocycles. The van der Waals surface area contributed by atoms with Crippen LogP contribution >= 0.6 is 0 Å². The zero-order valence-electron chi connectivity index (χ0n) is 25.6. The Balaban J connectivity index is 1.13. The molecule has 6 aliphatic rings. The van der Waals surface area contributed by atoms with Gasteiger partial charge in [-0.25, -0.2) is 4.98 Å². The molecule has 41 heavy (non-hydrogen) atoms. The number of anilines is 1. The fraction of sp³-hybridized carbons (Fsp3) is 0.579. The number of rotatable bonds is 9. The van der Waals surface area contributed by atoms with Gasteiger partial charge in [0.25, 0.3) is 0 Å². The van der Waals surface area contributed by atoms with Crippen molar-refractivity contribution in [3.63, 3.8) is 0 Å². The highest BCUT2D eigenvalue weighted by Crippen LogP contribution is 2.58. The summed E-state index contributed by atoms with van der Waals surface area (Å²) < 4.78 is 0. The molecule has 1 aromatic carbocycles. The van der Waals surface area contributed by atoms with Gasteiger partial charge in [-0.05, 0) is 140 Å². The van der Waals surface area contributed by atoms with E-state index >= 15 is 0 Å². The van der Waals surface area contributed by atoms with Crippen LogP contribution in [0.1, 0.15) is 119 Å². The van der Waals surface area contributed by atoms with Crippen molar-refractivity contribution in [1.82, 2.24) is 4.98 Å². The van der Waals surface area contributed by atoms with E-state index in [0.29, 0.717) is 16.7 Å². The quantitative estimate of drug-likeness (QED) is 0.313. The number of fused-ring (bicyclic) bond motifs is 3. The first-order valence-electron chi connectivity index (χ1n) is 16.8. The lowest BCUT2D eigenvalue weighted by Crippen LogP contribution is -2.49. The van der Waals surface area contributed by atoms with E-state index in [0.717, 1.165) is 31.1 Å². The SMILES string of the molecule is C=C(C1CCCCC1)N(CC12CCC(c3ccc(CC)c(C)c3)(CC1)CC2)c1cc(C2=CN=C(C3CC3)C2)ccn1. The van der Waals surface area contributed by atoms with E-state index < -0.39 is 0 Å². The van der Waals surface area contributed by atoms with E-state index in [9.17, 15) is 0 Å². The normalized spacial score (nSPS) is 28.0. The molecule has 0 N–H and O–H groups in total. The standard InChI is InChI=1S/C38H49N3/c1-4-29-12-13-34(22-27(29)2)38-18-15-37(16-19-38,17-20-38)26-41(28(3)30-8-6-5-7-9-30)36-24-32(14-21-39-36)33-23-35(40-25-33)31-10-11-31/h12-14,21-22,24-25,30-31H,3-11,15-20,23,26H2,1-2H3. The van der Waals surface area contributed by atoms with Crippen molar-refractivity contribution >= 4 is 17.1 Å². The first-order chi connectivity index (χ1) is 20.0. The van der Waals surface area contributed by atoms with Crippen molar-refractivity contribution in [3.8, 4) is 0 Å². The molecule has 216 valence electrons. The summed E-state index contributed by atoms with van der Waals surface area (Å²) in [6.07, 6.45) is 23.5. The third kappa shape index (κ3) is 5.23. The Morgan fingerprint density at radius 3 is 2.39 bits per heavy atom. The van der Waals surface area contributed by atoms with Gasteiger partial charge in [0.15, 0.2) is 0 Å². The molecule has 5 saturated carbocycles. The summed E-state index contributed by atoms with van der Waals surface area (Å²) in [7, 11) is 0. The second-order valence-corrected chi connectivity index (χ2v) is 14.3. The largest absolute Gasteiger partial charge is 0.330 e. The molecule has 8 rings (SSSR count). The maximum atomic E-state index is 5.02. The lowest BCUT2D eigenvalue weighted by molar-refractivity contribution is 0.0459. The van der Waals surface area contributed by atoms with Gasteiger partial charge in [-0.15, -0.1) is 0 Å². The number of aromatic nitrogens is 1. The Kier molecular flexibility index (Phi) is 7.20. The summed E-state index contributed by atoms with van der Waals surface area (Å²) in [5, 5.41) is 0. The summed E-state index contributed by atoms with van der Waals surface area (Å²) in [5.74, 6) is 2.44. The third-order valence-electron chi connectivity index (χ3n) is 11.9. The molecule has 3 heteroatoms. The van der Waals surface area contributed by atoms with E-state index in [4.69, 9.17) is 16.6 Å². The predicted octanol–water partition coefficient (Wildman–Crippen LogP) is 9.74. The van der Waals surface area contributed by atoms with Crippen molar-refractivity contribution < 1.29 is 0 Å². The number of hydrogen-bond acceptors (Lipinski definition) is 3. The van der Waals surface area contributed by atoms with E-state index in [2.05, 4.69) is 55.3 Å². The first kappa shape index (κ1) is 27.2. The average Bonchev–Trinajstić information content (AvgIpc) is 3.77. The lowest BCUT2D eigenvalue weighted by Gasteiger charge is -2.55. The molecule has 3 nitrogen and oxygen atoms in total. The van der Waals surface area contributed by atoms with E-state index in [1.807, 2.05) is 6.20 Å². The molecular formula is C38H49N3. The van der Waals surface area contributed by atoms with Crippen LogP contribution in [0.4, 0.5) is 5.82 Å². The molecule has 1 aliphatic heterocycles. The van der Waals surface area contributed by atoms with Gasteiger partial charge in [0.05, 0.1) is 0 Å². The maximum absolute atomic E-state index is 5.02. The average molecular weight is 548 g/mol. The molecule has 5 fully saturated rings. The molecule has 0 unspecified atom stereocenters. The minimum atomic E-state index is 0.365. The van der Waals surface area contributed by atoms with Gasteiger partial charge in [0.2, 0.25) is 0 Å². The molecule has 0 atom stereocenters. The molecule has 0 saturated heterocycles. The molecule has 0 spiro atoms. The van der Waals surface area contributed by atoms with Crippen LogP contribution in [0.3, 0.4) is 0 Å². The zero-order valence-corrected chi connectivity index (χ0v) is 25.6. The highest BCUT2D eigenvalue weighted by atomic mass is 15.2. The fourth-order valence-corrected chi connectivity index (χ4v) is 8.73. The summed E-state index contributed by atoms with van der Waals surface area (Å²) in [5.41, 5.74) is 10.7. The minimum absolute atomic E-state index is 0.365. The van der Waals surface area contributed by atoms with Crippen molar-refractivity contribution in [3.05, 3.63) is 77.3 Å². The number of benzene rings is 1. The van der Waals surface area contributed by atoms with Gasteiger partial charge in [-0.1, -0.05) is 51.0 Å². The Morgan fingerprint density at radius 2 is 1.71 bits per heavy atom. The number of allylic oxidation sites excluding steroid dienone is 2. The monoisotopic (exact) mass is 547 g/mol. The van der Waals surface area contributed by atoms with Crippen molar-refractivity contribution in [2.24, 2.45) is 22.2 Å². The van der Waals surface area contributed by atoms with Crippen LogP contribution in [0.25, 0.3) is 5.57 Å². The number of aliphatic imine (C=N–C) groups is 1. The van der Waals surface area contributed by atoms with Crippen LogP contribution in [-0.2, 0) is 11.8 Å². The van der Waals surface area contributed by atoms with E-state index in [1.54, 1.807) is 5.56 Å². The molecule has 2 aromatic rings. The zero-order chi connectivity index (χ0) is 28.0. The summed E-state index contributed by atoms with van der Waals surface area (Å²) >= 11 is 0. The highest BCUT2D eigenvalue weighted by molar-refractivity contribution is 6.00. The first-order valence-corrected chi connectivity index (χ1v) is 16.8. The molecule has 0 amide bonds. The Labute approximate surface area is 248 Å². The van der Waals surface area contributed by atoms with Crippen molar-refractivity contribution in [1.29, 1.82) is 0 Å². The van der Waals surface area contributed by atoms with Crippen molar-refractivity contribution in [2.45, 2.75) is 116 Å². The molecule has 0 radical (unpaired) electrons. The van der Waals surface area contributed by atoms with Crippen LogP contribution in [0.15, 0.2) is 60.0 Å². The molecule has 5 aliphatic carbocycles. The summed E-state index contributed by atoms with van der Waals surface area (Å²) in [4.78, 5) is 12.4. The van der Waals surface area contributed by atoms with Crippen LogP contribution in [-0.4, -0.2) is 17.2 Å². The molecule has 2 heterocycles. The number of pyridine rings is 1. The Hall–Kier alpha value is -2.68. The second kappa shape index (κ2) is 10.9. The maximum Gasteiger partial charge on any atom is 0.133 e. The van der Waals surface area contributed by atoms with E-state index in [1.165, 1.54) is 117 Å². The number of aryl methyl sites for hydroxylation is 2. The second-order valence-electron chi connectivity index (χ2n) is 14.3. The molecular weight excluding hydrogens is 498 g/mol. The van der Waals surface area contributed by atoms with Crippen LogP contribution in [0, 0.1) is 24.2 Å². The lowest BCUT2D eigenvalue weighted by atomic mass is 9.51. The number of nitrogens with zero attached hydrogens (tertiary/aromatic N) is 3. The highest BCUT2D eigenvalue weighted by Gasteiger charge is 2.50. The molecule has 2 bridgehead atoms. The fourth-order valence-electron chi connectivity index (χ4n) is 8.73. The van der Waals surface area contributed by atoms with Crippen LogP contribution in [0.2, 0.25) is 0 Å². The summed E-state index contributed by atoms with van der Waals surface area (Å²) in [6.45, 7) is 10.5. The van der Waals surface area contributed by atoms with Gasteiger partial charge in [-0.2, -0.15) is 0 Å². The van der Waals surface area contributed by atoms with Gasteiger partial charge < -0.3 is 4.90 Å². The third-order valence-corrected chi connectivity index (χ3v) is 11.9. The number of hydrogen-bond donors (Lipinski definition) is 0. The Morgan fingerprint density at radius 1 is 0.951 bits per heavy atom. The van der Waals surface area contributed by atoms with Crippen molar-refractivity contribution in [2.75, 3.05) is 11.4 Å². The van der Waals surface area contributed by atoms with Gasteiger partial charge in [0, 0.05) is 36.8 Å². The minimum Gasteiger partial charge on any atom is -0.330 e. The van der Waals surface area contributed by atoms with Crippen LogP contribution in [0.5, 0.6) is 0 Å². The topological polar surface area (TPSA) is 28.5 Å². The van der Waals surface area contributed by atoms with Gasteiger partial charge in [0.1, 0.15) is 5.82 Å². The van der Waals surface area contributed by atoms with Crippen LogP contribution < -0.4 is 4.90 Å². The summed E-state index contributed by atoms with van der Waals surface area (Å²) in [6, 6.07) is 12.0. The van der Waals surface area contributed by atoms with Gasteiger partial charge in [-0.3, -0.25) is 4.99 Å². The smallest absolute Gasteiger partial charge is 0.133 e. The predicted molar refractivity (Wildman–Crippen MR) is 172 cm³/mol. The van der Waals surface area contributed by atoms with E-state index in [-0.39, 0.29) is 0 Å². The van der Waals surface area contributed by atoms with Gasteiger partial charge >= 0.3 is 0 Å².